The van der Waals surface area contributed by atoms with Crippen LogP contribution in [0.2, 0.25) is 0 Å². The van der Waals surface area contributed by atoms with Crippen LogP contribution in [0.4, 0.5) is 0 Å². The van der Waals surface area contributed by atoms with Gasteiger partial charge in [0.05, 0.1) is 6.10 Å². The minimum absolute atomic E-state index is 0.214. The van der Waals surface area contributed by atoms with E-state index in [0.717, 1.165) is 12.3 Å². The van der Waals surface area contributed by atoms with Gasteiger partial charge in [-0.05, 0) is 32.8 Å². The predicted molar refractivity (Wildman–Crippen MR) is 62.2 cm³/mol. The van der Waals surface area contributed by atoms with Gasteiger partial charge >= 0.3 is 0 Å². The molecule has 0 amide bonds. The van der Waals surface area contributed by atoms with Gasteiger partial charge in [0.1, 0.15) is 5.75 Å². The summed E-state index contributed by atoms with van der Waals surface area (Å²) in [6.45, 7) is 4.84. The van der Waals surface area contributed by atoms with Crippen LogP contribution in [0.5, 0.6) is 5.75 Å². The highest BCUT2D eigenvalue weighted by Crippen LogP contribution is 2.50. The molecule has 0 radical (unpaired) electrons. The zero-order chi connectivity index (χ0) is 10.9. The number of hydrogen-bond acceptors (Lipinski definition) is 2. The fourth-order valence-electron chi connectivity index (χ4n) is 2.00. The molecule has 15 heavy (non-hydrogen) atoms. The summed E-state index contributed by atoms with van der Waals surface area (Å²) in [6, 6.07) is 8.29. The summed E-state index contributed by atoms with van der Waals surface area (Å²) in [7, 11) is 0. The molecule has 82 valence electrons. The third-order valence-corrected chi connectivity index (χ3v) is 3.07. The summed E-state index contributed by atoms with van der Waals surface area (Å²) in [5, 5.41) is 0. The summed E-state index contributed by atoms with van der Waals surface area (Å²) in [5.41, 5.74) is 7.35. The topological polar surface area (TPSA) is 35.2 Å². The van der Waals surface area contributed by atoms with Crippen LogP contribution in [-0.2, 0) is 5.41 Å². The van der Waals surface area contributed by atoms with Crippen LogP contribution in [0.1, 0.15) is 32.3 Å². The molecule has 1 fully saturated rings. The zero-order valence-electron chi connectivity index (χ0n) is 9.49. The number of para-hydroxylation sites is 1. The molecule has 1 saturated carbocycles. The zero-order valence-corrected chi connectivity index (χ0v) is 9.49. The lowest BCUT2D eigenvalue weighted by Gasteiger charge is -2.19. The molecular weight excluding hydrogens is 186 g/mol. The van der Waals surface area contributed by atoms with Gasteiger partial charge in [-0.3, -0.25) is 0 Å². The molecule has 0 aliphatic heterocycles. The quantitative estimate of drug-likeness (QED) is 0.819. The molecule has 0 aromatic heterocycles. The second kappa shape index (κ2) is 3.86. The third-order valence-electron chi connectivity index (χ3n) is 3.07. The van der Waals surface area contributed by atoms with Crippen LogP contribution in [0.25, 0.3) is 0 Å². The van der Waals surface area contributed by atoms with Gasteiger partial charge in [-0.15, -0.1) is 0 Å². The van der Waals surface area contributed by atoms with Crippen molar-refractivity contribution in [2.75, 3.05) is 6.54 Å². The average molecular weight is 205 g/mol. The molecule has 1 aliphatic rings. The summed E-state index contributed by atoms with van der Waals surface area (Å²) in [6.07, 6.45) is 2.61. The highest BCUT2D eigenvalue weighted by Gasteiger charge is 2.44. The molecule has 0 atom stereocenters. The van der Waals surface area contributed by atoms with E-state index in [2.05, 4.69) is 26.0 Å². The molecule has 1 aromatic rings. The molecule has 1 aliphatic carbocycles. The van der Waals surface area contributed by atoms with E-state index in [-0.39, 0.29) is 11.5 Å². The first-order chi connectivity index (χ1) is 7.18. The average Bonchev–Trinajstić information content (AvgIpc) is 2.98. The Balaban J connectivity index is 2.30. The van der Waals surface area contributed by atoms with Crippen molar-refractivity contribution in [3.05, 3.63) is 29.8 Å². The number of benzene rings is 1. The lowest BCUT2D eigenvalue weighted by atomic mass is 9.95. The Bertz CT molecular complexity index is 342. The maximum absolute atomic E-state index is 5.84. The summed E-state index contributed by atoms with van der Waals surface area (Å²) in [5.74, 6) is 1.01. The largest absolute Gasteiger partial charge is 0.491 e. The van der Waals surface area contributed by atoms with Crippen molar-refractivity contribution >= 4 is 0 Å². The van der Waals surface area contributed by atoms with E-state index >= 15 is 0 Å². The van der Waals surface area contributed by atoms with Gasteiger partial charge in [0.25, 0.3) is 0 Å². The smallest absolute Gasteiger partial charge is 0.123 e. The van der Waals surface area contributed by atoms with Crippen LogP contribution < -0.4 is 10.5 Å². The van der Waals surface area contributed by atoms with Gasteiger partial charge in [0, 0.05) is 17.5 Å². The van der Waals surface area contributed by atoms with E-state index in [4.69, 9.17) is 10.5 Å². The van der Waals surface area contributed by atoms with Crippen LogP contribution in [-0.4, -0.2) is 12.6 Å². The van der Waals surface area contributed by atoms with Crippen molar-refractivity contribution in [3.63, 3.8) is 0 Å². The number of hydrogen-bond donors (Lipinski definition) is 1. The van der Waals surface area contributed by atoms with Gasteiger partial charge in [0.15, 0.2) is 0 Å². The van der Waals surface area contributed by atoms with Crippen LogP contribution >= 0.6 is 0 Å². The Morgan fingerprint density at radius 3 is 2.53 bits per heavy atom. The second-order valence-electron chi connectivity index (χ2n) is 4.65. The van der Waals surface area contributed by atoms with E-state index in [9.17, 15) is 0 Å². The van der Waals surface area contributed by atoms with E-state index in [1.807, 2.05) is 12.1 Å². The molecule has 2 heteroatoms. The normalized spacial score (nSPS) is 17.9. The van der Waals surface area contributed by atoms with Gasteiger partial charge in [0.2, 0.25) is 0 Å². The van der Waals surface area contributed by atoms with Crippen molar-refractivity contribution in [2.45, 2.75) is 38.2 Å². The Hall–Kier alpha value is -1.02. The van der Waals surface area contributed by atoms with Gasteiger partial charge in [-0.2, -0.15) is 0 Å². The fourth-order valence-corrected chi connectivity index (χ4v) is 2.00. The van der Waals surface area contributed by atoms with Crippen molar-refractivity contribution in [1.29, 1.82) is 0 Å². The number of rotatable bonds is 4. The molecule has 0 spiro atoms. The predicted octanol–water partition coefficient (Wildman–Crippen LogP) is 2.46. The molecule has 0 heterocycles. The monoisotopic (exact) mass is 205 g/mol. The van der Waals surface area contributed by atoms with Crippen LogP contribution in [0.3, 0.4) is 0 Å². The second-order valence-corrected chi connectivity index (χ2v) is 4.65. The molecule has 0 bridgehead atoms. The van der Waals surface area contributed by atoms with E-state index < -0.39 is 0 Å². The third kappa shape index (κ3) is 2.00. The molecule has 0 saturated heterocycles. The molecule has 2 N–H and O–H groups in total. The van der Waals surface area contributed by atoms with Crippen molar-refractivity contribution in [3.8, 4) is 5.75 Å². The molecule has 2 nitrogen and oxygen atoms in total. The Kier molecular flexibility index (Phi) is 2.70. The number of nitrogens with two attached hydrogens (primary N) is 1. The molecule has 1 aromatic carbocycles. The standard InChI is InChI=1S/C13H19NO/c1-10(2)15-12-6-4-3-5-11(12)13(9-14)7-8-13/h3-6,10H,7-9,14H2,1-2H3. The first-order valence-corrected chi connectivity index (χ1v) is 5.64. The Morgan fingerprint density at radius 2 is 2.00 bits per heavy atom. The van der Waals surface area contributed by atoms with E-state index in [0.29, 0.717) is 0 Å². The van der Waals surface area contributed by atoms with Gasteiger partial charge < -0.3 is 10.5 Å². The highest BCUT2D eigenvalue weighted by atomic mass is 16.5. The molecular formula is C13H19NO. The highest BCUT2D eigenvalue weighted by molar-refractivity contribution is 5.43. The van der Waals surface area contributed by atoms with Crippen molar-refractivity contribution in [2.24, 2.45) is 5.73 Å². The minimum Gasteiger partial charge on any atom is -0.491 e. The van der Waals surface area contributed by atoms with Crippen molar-refractivity contribution < 1.29 is 4.74 Å². The van der Waals surface area contributed by atoms with Crippen LogP contribution in [0.15, 0.2) is 24.3 Å². The summed E-state index contributed by atoms with van der Waals surface area (Å²) in [4.78, 5) is 0. The SMILES string of the molecule is CC(C)Oc1ccccc1C1(CN)CC1. The Labute approximate surface area is 91.4 Å². The van der Waals surface area contributed by atoms with Crippen LogP contribution in [0, 0.1) is 0 Å². The Morgan fingerprint density at radius 1 is 1.33 bits per heavy atom. The number of ether oxygens (including phenoxy) is 1. The molecule has 0 unspecified atom stereocenters. The van der Waals surface area contributed by atoms with Gasteiger partial charge in [-0.1, -0.05) is 18.2 Å². The molecule has 2 rings (SSSR count). The van der Waals surface area contributed by atoms with E-state index in [1.165, 1.54) is 18.4 Å². The lowest BCUT2D eigenvalue weighted by molar-refractivity contribution is 0.238. The maximum atomic E-state index is 5.84. The summed E-state index contributed by atoms with van der Waals surface area (Å²) < 4.78 is 5.82. The minimum atomic E-state index is 0.214. The first-order valence-electron chi connectivity index (χ1n) is 5.64. The van der Waals surface area contributed by atoms with Crippen molar-refractivity contribution in [1.82, 2.24) is 0 Å². The maximum Gasteiger partial charge on any atom is 0.123 e. The lowest BCUT2D eigenvalue weighted by Crippen LogP contribution is -2.21. The van der Waals surface area contributed by atoms with E-state index in [1.54, 1.807) is 0 Å². The fraction of sp³-hybridized carbons (Fsp3) is 0.538. The first kappa shape index (κ1) is 10.5. The van der Waals surface area contributed by atoms with Gasteiger partial charge in [-0.25, -0.2) is 0 Å². The summed E-state index contributed by atoms with van der Waals surface area (Å²) >= 11 is 0.